The first kappa shape index (κ1) is 13.3. The molecule has 0 saturated carbocycles. The van der Waals surface area contributed by atoms with Gasteiger partial charge >= 0.3 is 0 Å². The number of ether oxygens (including phenoxy) is 1. The second-order valence-corrected chi connectivity index (χ2v) is 4.48. The van der Waals surface area contributed by atoms with Crippen LogP contribution in [0.25, 0.3) is 11.4 Å². The smallest absolute Gasteiger partial charge is 0.165 e. The Labute approximate surface area is 120 Å². The Hall–Kier alpha value is -2.69. The SMILES string of the molecule is Fc1ccc(-c2ncc(COc3ccccc3F)[nH]2)cc1. The van der Waals surface area contributed by atoms with Crippen molar-refractivity contribution in [3.8, 4) is 17.1 Å². The van der Waals surface area contributed by atoms with Crippen molar-refractivity contribution in [2.24, 2.45) is 0 Å². The van der Waals surface area contributed by atoms with Gasteiger partial charge in [-0.15, -0.1) is 0 Å². The summed E-state index contributed by atoms with van der Waals surface area (Å²) in [6, 6.07) is 12.2. The summed E-state index contributed by atoms with van der Waals surface area (Å²) in [7, 11) is 0. The zero-order valence-electron chi connectivity index (χ0n) is 11.0. The van der Waals surface area contributed by atoms with Crippen LogP contribution in [-0.4, -0.2) is 9.97 Å². The van der Waals surface area contributed by atoms with E-state index in [4.69, 9.17) is 4.74 Å². The van der Waals surface area contributed by atoms with Gasteiger partial charge in [-0.2, -0.15) is 0 Å². The van der Waals surface area contributed by atoms with Crippen LogP contribution in [0.1, 0.15) is 5.69 Å². The summed E-state index contributed by atoms with van der Waals surface area (Å²) in [6.45, 7) is 0.176. The quantitative estimate of drug-likeness (QED) is 0.789. The van der Waals surface area contributed by atoms with Crippen LogP contribution >= 0.6 is 0 Å². The molecular formula is C16H12F2N2O. The van der Waals surface area contributed by atoms with E-state index in [-0.39, 0.29) is 18.2 Å². The van der Waals surface area contributed by atoms with E-state index < -0.39 is 5.82 Å². The second kappa shape index (κ2) is 5.75. The largest absolute Gasteiger partial charge is 0.484 e. The third-order valence-electron chi connectivity index (χ3n) is 2.97. The lowest BCUT2D eigenvalue weighted by Crippen LogP contribution is -1.97. The van der Waals surface area contributed by atoms with Crippen molar-refractivity contribution < 1.29 is 13.5 Å². The number of benzene rings is 2. The van der Waals surface area contributed by atoms with Crippen LogP contribution in [-0.2, 0) is 6.61 Å². The summed E-state index contributed by atoms with van der Waals surface area (Å²) in [4.78, 5) is 7.26. The Morgan fingerprint density at radius 3 is 2.52 bits per heavy atom. The maximum absolute atomic E-state index is 13.4. The van der Waals surface area contributed by atoms with Gasteiger partial charge in [0, 0.05) is 5.56 Å². The van der Waals surface area contributed by atoms with Crippen molar-refractivity contribution in [3.63, 3.8) is 0 Å². The highest BCUT2D eigenvalue weighted by Gasteiger charge is 2.06. The highest BCUT2D eigenvalue weighted by Crippen LogP contribution is 2.19. The molecule has 0 aliphatic rings. The Morgan fingerprint density at radius 2 is 1.76 bits per heavy atom. The molecule has 3 aromatic rings. The van der Waals surface area contributed by atoms with Crippen LogP contribution < -0.4 is 4.74 Å². The Balaban J connectivity index is 1.71. The van der Waals surface area contributed by atoms with Gasteiger partial charge in [0.05, 0.1) is 11.9 Å². The van der Waals surface area contributed by atoms with Crippen molar-refractivity contribution in [3.05, 3.63) is 72.1 Å². The summed E-state index contributed by atoms with van der Waals surface area (Å²) in [5.74, 6) is 0.0988. The summed E-state index contributed by atoms with van der Waals surface area (Å²) < 4.78 is 31.7. The van der Waals surface area contributed by atoms with Crippen LogP contribution in [0.3, 0.4) is 0 Å². The molecule has 0 aliphatic carbocycles. The fourth-order valence-electron chi connectivity index (χ4n) is 1.90. The number of rotatable bonds is 4. The van der Waals surface area contributed by atoms with Gasteiger partial charge in [-0.05, 0) is 36.4 Å². The van der Waals surface area contributed by atoms with Crippen LogP contribution in [0.5, 0.6) is 5.75 Å². The van der Waals surface area contributed by atoms with Crippen LogP contribution in [0.15, 0.2) is 54.7 Å². The molecular weight excluding hydrogens is 274 g/mol. The van der Waals surface area contributed by atoms with Crippen molar-refractivity contribution in [1.29, 1.82) is 0 Å². The molecule has 21 heavy (non-hydrogen) atoms. The fourth-order valence-corrected chi connectivity index (χ4v) is 1.90. The molecule has 0 unspecified atom stereocenters. The number of nitrogens with one attached hydrogen (secondary N) is 1. The number of aromatic nitrogens is 2. The minimum atomic E-state index is -0.407. The van der Waals surface area contributed by atoms with Crippen LogP contribution in [0, 0.1) is 11.6 Å². The number of H-pyrrole nitrogens is 1. The van der Waals surface area contributed by atoms with E-state index in [0.29, 0.717) is 11.5 Å². The molecule has 0 saturated heterocycles. The molecule has 106 valence electrons. The first-order valence-electron chi connectivity index (χ1n) is 6.39. The van der Waals surface area contributed by atoms with E-state index in [2.05, 4.69) is 9.97 Å². The molecule has 1 heterocycles. The van der Waals surface area contributed by atoms with Crippen molar-refractivity contribution in [2.45, 2.75) is 6.61 Å². The number of para-hydroxylation sites is 1. The lowest BCUT2D eigenvalue weighted by molar-refractivity contribution is 0.286. The predicted octanol–water partition coefficient (Wildman–Crippen LogP) is 3.93. The molecule has 3 nitrogen and oxygen atoms in total. The topological polar surface area (TPSA) is 37.9 Å². The Kier molecular flexibility index (Phi) is 3.64. The molecule has 0 spiro atoms. The number of halogens is 2. The molecule has 0 aliphatic heterocycles. The number of imidazole rings is 1. The van der Waals surface area contributed by atoms with E-state index in [1.165, 1.54) is 18.2 Å². The first-order chi connectivity index (χ1) is 10.2. The first-order valence-corrected chi connectivity index (χ1v) is 6.39. The van der Waals surface area contributed by atoms with Gasteiger partial charge in [0.1, 0.15) is 18.2 Å². The van der Waals surface area contributed by atoms with Gasteiger partial charge in [0.25, 0.3) is 0 Å². The predicted molar refractivity (Wildman–Crippen MR) is 74.7 cm³/mol. The van der Waals surface area contributed by atoms with Gasteiger partial charge in [0.15, 0.2) is 11.6 Å². The molecule has 0 bridgehead atoms. The maximum atomic E-state index is 13.4. The van der Waals surface area contributed by atoms with E-state index >= 15 is 0 Å². The molecule has 1 N–H and O–H groups in total. The molecule has 0 fully saturated rings. The third-order valence-corrected chi connectivity index (χ3v) is 2.97. The lowest BCUT2D eigenvalue weighted by Gasteiger charge is -2.05. The van der Waals surface area contributed by atoms with Crippen molar-refractivity contribution >= 4 is 0 Å². The third kappa shape index (κ3) is 3.08. The monoisotopic (exact) mass is 286 g/mol. The minimum absolute atomic E-state index is 0.176. The Morgan fingerprint density at radius 1 is 1.00 bits per heavy atom. The molecule has 0 atom stereocenters. The van der Waals surface area contributed by atoms with Gasteiger partial charge < -0.3 is 9.72 Å². The van der Waals surface area contributed by atoms with E-state index in [1.54, 1.807) is 36.5 Å². The van der Waals surface area contributed by atoms with E-state index in [1.807, 2.05) is 0 Å². The molecule has 0 amide bonds. The number of nitrogens with zero attached hydrogens (tertiary/aromatic N) is 1. The normalized spacial score (nSPS) is 10.6. The standard InChI is InChI=1S/C16H12F2N2O/c17-12-7-5-11(6-8-12)16-19-9-13(20-16)10-21-15-4-2-1-3-14(15)18/h1-9H,10H2,(H,19,20). The highest BCUT2D eigenvalue weighted by atomic mass is 19.1. The average molecular weight is 286 g/mol. The van der Waals surface area contributed by atoms with Gasteiger partial charge in [-0.1, -0.05) is 12.1 Å². The molecule has 0 radical (unpaired) electrons. The minimum Gasteiger partial charge on any atom is -0.484 e. The summed E-state index contributed by atoms with van der Waals surface area (Å²) >= 11 is 0. The van der Waals surface area contributed by atoms with Crippen molar-refractivity contribution in [2.75, 3.05) is 0 Å². The highest BCUT2D eigenvalue weighted by molar-refractivity contribution is 5.54. The van der Waals surface area contributed by atoms with Gasteiger partial charge in [-0.3, -0.25) is 0 Å². The molecule has 2 aromatic carbocycles. The lowest BCUT2D eigenvalue weighted by atomic mass is 10.2. The van der Waals surface area contributed by atoms with Gasteiger partial charge in [-0.25, -0.2) is 13.8 Å². The fraction of sp³-hybridized carbons (Fsp3) is 0.0625. The van der Waals surface area contributed by atoms with Crippen molar-refractivity contribution in [1.82, 2.24) is 9.97 Å². The van der Waals surface area contributed by atoms with Crippen LogP contribution in [0.4, 0.5) is 8.78 Å². The average Bonchev–Trinajstić information content (AvgIpc) is 2.96. The summed E-state index contributed by atoms with van der Waals surface area (Å²) in [5.41, 5.74) is 1.48. The molecule has 3 rings (SSSR count). The zero-order chi connectivity index (χ0) is 14.7. The molecule has 1 aromatic heterocycles. The maximum Gasteiger partial charge on any atom is 0.165 e. The number of hydrogen-bond donors (Lipinski definition) is 1. The number of hydrogen-bond acceptors (Lipinski definition) is 2. The van der Waals surface area contributed by atoms with Crippen LogP contribution in [0.2, 0.25) is 0 Å². The number of aromatic amines is 1. The second-order valence-electron chi connectivity index (χ2n) is 4.48. The van der Waals surface area contributed by atoms with Gasteiger partial charge in [0.2, 0.25) is 0 Å². The zero-order valence-corrected chi connectivity index (χ0v) is 11.0. The van der Waals surface area contributed by atoms with E-state index in [0.717, 1.165) is 5.56 Å². The summed E-state index contributed by atoms with van der Waals surface area (Å²) in [6.07, 6.45) is 1.61. The molecule has 5 heteroatoms. The van der Waals surface area contributed by atoms with E-state index in [9.17, 15) is 8.78 Å². The Bertz CT molecular complexity index is 738. The summed E-state index contributed by atoms with van der Waals surface area (Å²) in [5, 5.41) is 0.